The maximum atomic E-state index is 12.2. The minimum absolute atomic E-state index is 0.0565. The van der Waals surface area contributed by atoms with E-state index in [0.29, 0.717) is 17.7 Å². The van der Waals surface area contributed by atoms with E-state index in [1.807, 2.05) is 6.92 Å². The van der Waals surface area contributed by atoms with E-state index in [1.54, 1.807) is 24.3 Å². The molecule has 0 aliphatic carbocycles. The number of nitro benzene ring substituents is 1. The minimum atomic E-state index is -0.568. The average molecular weight is 377 g/mol. The first-order chi connectivity index (χ1) is 12.4. The molecule has 1 amide bonds. The number of carbonyl (C=O) groups is 2. The first-order valence-electron chi connectivity index (χ1n) is 7.90. The van der Waals surface area contributed by atoms with Crippen LogP contribution < -0.4 is 10.1 Å². The van der Waals surface area contributed by atoms with Crippen molar-refractivity contribution >= 4 is 34.7 Å². The standard InChI is InChI=1S/C18H17ClN2O5/c1-2-3-18(23)20-13-6-4-12(5-7-13)16(22)11-26-17-9-8-14(21(24)25)10-15(17)19/h4-10H,2-3,11H2,1H3,(H,20,23). The molecule has 0 saturated carbocycles. The van der Waals surface area contributed by atoms with E-state index in [2.05, 4.69) is 5.32 Å². The number of nitrogens with one attached hydrogen (secondary N) is 1. The van der Waals surface area contributed by atoms with E-state index >= 15 is 0 Å². The van der Waals surface area contributed by atoms with Gasteiger partial charge in [0, 0.05) is 29.8 Å². The van der Waals surface area contributed by atoms with Gasteiger partial charge < -0.3 is 10.1 Å². The molecule has 0 radical (unpaired) electrons. The fourth-order valence-corrected chi connectivity index (χ4v) is 2.37. The molecule has 2 aromatic rings. The number of non-ortho nitro benzene ring substituents is 1. The Kier molecular flexibility index (Phi) is 6.68. The van der Waals surface area contributed by atoms with Gasteiger partial charge in [-0.05, 0) is 36.8 Å². The Morgan fingerprint density at radius 3 is 2.46 bits per heavy atom. The lowest BCUT2D eigenvalue weighted by atomic mass is 10.1. The number of halogens is 1. The first-order valence-corrected chi connectivity index (χ1v) is 8.28. The summed E-state index contributed by atoms with van der Waals surface area (Å²) in [5, 5.41) is 13.5. The van der Waals surface area contributed by atoms with Gasteiger partial charge in [0.15, 0.2) is 12.4 Å². The summed E-state index contributed by atoms with van der Waals surface area (Å²) < 4.78 is 5.34. The van der Waals surface area contributed by atoms with Crippen LogP contribution in [0.15, 0.2) is 42.5 Å². The Morgan fingerprint density at radius 1 is 1.19 bits per heavy atom. The van der Waals surface area contributed by atoms with Crippen LogP contribution in [0.1, 0.15) is 30.1 Å². The van der Waals surface area contributed by atoms with Crippen molar-refractivity contribution in [2.75, 3.05) is 11.9 Å². The third kappa shape index (κ3) is 5.29. The van der Waals surface area contributed by atoms with E-state index in [0.717, 1.165) is 12.5 Å². The molecule has 0 bridgehead atoms. The van der Waals surface area contributed by atoms with Crippen LogP contribution in [-0.4, -0.2) is 23.2 Å². The SMILES string of the molecule is CCCC(=O)Nc1ccc(C(=O)COc2ccc([N+](=O)[O-])cc2Cl)cc1. The van der Waals surface area contributed by atoms with Gasteiger partial charge in [-0.15, -0.1) is 0 Å². The monoisotopic (exact) mass is 376 g/mol. The van der Waals surface area contributed by atoms with E-state index in [4.69, 9.17) is 16.3 Å². The second-order valence-electron chi connectivity index (χ2n) is 5.46. The van der Waals surface area contributed by atoms with Crippen molar-refractivity contribution in [2.45, 2.75) is 19.8 Å². The molecule has 26 heavy (non-hydrogen) atoms. The number of ether oxygens (including phenoxy) is 1. The molecular weight excluding hydrogens is 360 g/mol. The number of benzene rings is 2. The number of nitro groups is 1. The Balaban J connectivity index is 1.95. The summed E-state index contributed by atoms with van der Waals surface area (Å²) in [6, 6.07) is 10.2. The maximum Gasteiger partial charge on any atom is 0.271 e. The van der Waals surface area contributed by atoms with Gasteiger partial charge in [-0.1, -0.05) is 18.5 Å². The fraction of sp³-hybridized carbons (Fsp3) is 0.222. The summed E-state index contributed by atoms with van der Waals surface area (Å²) in [5.41, 5.74) is 0.866. The van der Waals surface area contributed by atoms with Crippen LogP contribution >= 0.6 is 11.6 Å². The van der Waals surface area contributed by atoms with Gasteiger partial charge in [0.05, 0.1) is 9.95 Å². The molecule has 0 aromatic heterocycles. The molecule has 0 spiro atoms. The van der Waals surface area contributed by atoms with Crippen molar-refractivity contribution in [3.05, 3.63) is 63.2 Å². The fourth-order valence-electron chi connectivity index (χ4n) is 2.14. The lowest BCUT2D eigenvalue weighted by Crippen LogP contribution is -2.13. The minimum Gasteiger partial charge on any atom is -0.484 e. The van der Waals surface area contributed by atoms with Crippen molar-refractivity contribution < 1.29 is 19.2 Å². The number of anilines is 1. The van der Waals surface area contributed by atoms with Gasteiger partial charge >= 0.3 is 0 Å². The topological polar surface area (TPSA) is 98.5 Å². The van der Waals surface area contributed by atoms with Crippen LogP contribution in [0, 0.1) is 10.1 Å². The van der Waals surface area contributed by atoms with E-state index < -0.39 is 4.92 Å². The molecule has 7 nitrogen and oxygen atoms in total. The van der Waals surface area contributed by atoms with Crippen LogP contribution in [0.25, 0.3) is 0 Å². The summed E-state index contributed by atoms with van der Waals surface area (Å²) >= 11 is 5.92. The first kappa shape index (κ1) is 19.4. The predicted molar refractivity (Wildman–Crippen MR) is 97.9 cm³/mol. The number of amides is 1. The zero-order chi connectivity index (χ0) is 19.1. The van der Waals surface area contributed by atoms with Crippen molar-refractivity contribution in [3.63, 3.8) is 0 Å². The highest BCUT2D eigenvalue weighted by Crippen LogP contribution is 2.28. The largest absolute Gasteiger partial charge is 0.484 e. The van der Waals surface area contributed by atoms with Crippen molar-refractivity contribution in [2.24, 2.45) is 0 Å². The van der Waals surface area contributed by atoms with Gasteiger partial charge in [0.1, 0.15) is 5.75 Å². The van der Waals surface area contributed by atoms with Gasteiger partial charge in [-0.2, -0.15) is 0 Å². The molecule has 0 saturated heterocycles. The zero-order valence-corrected chi connectivity index (χ0v) is 14.8. The van der Waals surface area contributed by atoms with E-state index in [9.17, 15) is 19.7 Å². The van der Waals surface area contributed by atoms with Crippen LogP contribution in [0.2, 0.25) is 5.02 Å². The van der Waals surface area contributed by atoms with Crippen molar-refractivity contribution in [1.29, 1.82) is 0 Å². The van der Waals surface area contributed by atoms with Gasteiger partial charge in [-0.3, -0.25) is 19.7 Å². The summed E-state index contributed by atoms with van der Waals surface area (Å²) in [6.07, 6.45) is 1.19. The number of hydrogen-bond acceptors (Lipinski definition) is 5. The highest BCUT2D eigenvalue weighted by atomic mass is 35.5. The summed E-state index contributed by atoms with van der Waals surface area (Å²) in [7, 11) is 0. The molecule has 0 fully saturated rings. The molecule has 0 aliphatic heterocycles. The number of rotatable bonds is 8. The molecule has 2 aromatic carbocycles. The Bertz CT molecular complexity index is 821. The molecule has 0 unspecified atom stereocenters. The van der Waals surface area contributed by atoms with Crippen molar-refractivity contribution in [1.82, 2.24) is 0 Å². The quantitative estimate of drug-likeness (QED) is 0.422. The predicted octanol–water partition coefficient (Wildman–Crippen LogP) is 4.25. The Morgan fingerprint density at radius 2 is 1.88 bits per heavy atom. The number of carbonyl (C=O) groups excluding carboxylic acids is 2. The Hall–Kier alpha value is -2.93. The molecule has 0 heterocycles. The van der Waals surface area contributed by atoms with Crippen LogP contribution in [0.3, 0.4) is 0 Å². The third-order valence-electron chi connectivity index (χ3n) is 3.45. The second-order valence-corrected chi connectivity index (χ2v) is 5.87. The van der Waals surface area contributed by atoms with E-state index in [-0.39, 0.29) is 34.8 Å². The van der Waals surface area contributed by atoms with Crippen LogP contribution in [0.4, 0.5) is 11.4 Å². The normalized spacial score (nSPS) is 10.2. The molecule has 0 aliphatic rings. The highest BCUT2D eigenvalue weighted by Gasteiger charge is 2.13. The molecule has 0 atom stereocenters. The molecule has 8 heteroatoms. The molecule has 2 rings (SSSR count). The van der Waals surface area contributed by atoms with Crippen LogP contribution in [-0.2, 0) is 4.79 Å². The lowest BCUT2D eigenvalue weighted by Gasteiger charge is -2.08. The number of nitrogens with zero attached hydrogens (tertiary/aromatic N) is 1. The molecule has 1 N–H and O–H groups in total. The van der Waals surface area contributed by atoms with Crippen molar-refractivity contribution in [3.8, 4) is 5.75 Å². The smallest absolute Gasteiger partial charge is 0.271 e. The Labute approximate surface area is 155 Å². The molecule has 136 valence electrons. The second kappa shape index (κ2) is 8.96. The van der Waals surface area contributed by atoms with Gasteiger partial charge in [0.25, 0.3) is 5.69 Å². The van der Waals surface area contributed by atoms with Gasteiger partial charge in [0.2, 0.25) is 5.91 Å². The third-order valence-corrected chi connectivity index (χ3v) is 3.75. The molecular formula is C18H17ClN2O5. The summed E-state index contributed by atoms with van der Waals surface area (Å²) in [6.45, 7) is 1.65. The van der Waals surface area contributed by atoms with Crippen LogP contribution in [0.5, 0.6) is 5.75 Å². The van der Waals surface area contributed by atoms with Gasteiger partial charge in [-0.25, -0.2) is 0 Å². The number of hydrogen-bond donors (Lipinski definition) is 1. The van der Waals surface area contributed by atoms with E-state index in [1.165, 1.54) is 12.1 Å². The maximum absolute atomic E-state index is 12.2. The highest BCUT2D eigenvalue weighted by molar-refractivity contribution is 6.32. The summed E-state index contributed by atoms with van der Waals surface area (Å²) in [5.74, 6) is -0.178. The average Bonchev–Trinajstić information content (AvgIpc) is 2.61. The number of ketones is 1. The zero-order valence-electron chi connectivity index (χ0n) is 14.0. The summed E-state index contributed by atoms with van der Waals surface area (Å²) in [4.78, 5) is 33.8. The lowest BCUT2D eigenvalue weighted by molar-refractivity contribution is -0.384. The number of Topliss-reactive ketones (excluding diaryl/α,β-unsaturated/α-hetero) is 1.